The molecule has 2 unspecified atom stereocenters. The molecule has 162 valence electrons. The van der Waals surface area contributed by atoms with E-state index >= 15 is 0 Å². The van der Waals surface area contributed by atoms with Crippen LogP contribution in [0.4, 0.5) is 4.39 Å². The fourth-order valence-corrected chi connectivity index (χ4v) is 4.24. The van der Waals surface area contributed by atoms with Crippen LogP contribution in [0.3, 0.4) is 0 Å². The van der Waals surface area contributed by atoms with Gasteiger partial charge in [-0.3, -0.25) is 14.4 Å². The zero-order valence-electron chi connectivity index (χ0n) is 17.1. The fraction of sp³-hybridized carbons (Fsp3) is 0.375. The Morgan fingerprint density at radius 1 is 0.871 bits per heavy atom. The van der Waals surface area contributed by atoms with Gasteiger partial charge in [-0.15, -0.1) is 0 Å². The van der Waals surface area contributed by atoms with E-state index in [1.807, 2.05) is 4.90 Å². The number of benzene rings is 2. The van der Waals surface area contributed by atoms with E-state index in [0.717, 1.165) is 12.0 Å². The topological polar surface area (TPSA) is 57.7 Å². The van der Waals surface area contributed by atoms with Crippen LogP contribution in [0.5, 0.6) is 0 Å². The number of piperazine rings is 1. The van der Waals surface area contributed by atoms with Crippen molar-refractivity contribution in [3.05, 3.63) is 70.5 Å². The van der Waals surface area contributed by atoms with Crippen LogP contribution < -0.4 is 0 Å². The molecule has 7 heteroatoms. The van der Waals surface area contributed by atoms with Crippen molar-refractivity contribution >= 4 is 29.2 Å². The second kappa shape index (κ2) is 9.18. The van der Waals surface area contributed by atoms with Crippen molar-refractivity contribution in [3.8, 4) is 0 Å². The van der Waals surface area contributed by atoms with E-state index in [4.69, 9.17) is 11.6 Å². The van der Waals surface area contributed by atoms with Crippen molar-refractivity contribution in [1.82, 2.24) is 9.80 Å². The molecule has 1 heterocycles. The molecule has 0 spiro atoms. The van der Waals surface area contributed by atoms with Crippen LogP contribution in [0.15, 0.2) is 48.5 Å². The van der Waals surface area contributed by atoms with Crippen molar-refractivity contribution in [2.24, 2.45) is 5.92 Å². The third-order valence-electron chi connectivity index (χ3n) is 6.08. The van der Waals surface area contributed by atoms with Crippen molar-refractivity contribution in [2.75, 3.05) is 26.2 Å². The first kappa shape index (κ1) is 21.5. The normalized spacial score (nSPS) is 20.5. The molecular formula is C24H24ClFN2O3. The minimum Gasteiger partial charge on any atom is -0.339 e. The van der Waals surface area contributed by atoms with Gasteiger partial charge in [0.2, 0.25) is 11.8 Å². The number of ketones is 1. The van der Waals surface area contributed by atoms with E-state index in [1.165, 1.54) is 12.1 Å². The van der Waals surface area contributed by atoms with E-state index in [2.05, 4.69) is 0 Å². The maximum Gasteiger partial charge on any atom is 0.226 e. The first-order valence-electron chi connectivity index (χ1n) is 10.5. The summed E-state index contributed by atoms with van der Waals surface area (Å²) in [5.41, 5.74) is 1.55. The average Bonchev–Trinajstić information content (AvgIpc) is 3.59. The Bertz CT molecular complexity index is 969. The van der Waals surface area contributed by atoms with E-state index in [-0.39, 0.29) is 48.1 Å². The molecule has 0 radical (unpaired) electrons. The summed E-state index contributed by atoms with van der Waals surface area (Å²) in [6, 6.07) is 13.0. The Kier molecular flexibility index (Phi) is 6.37. The maximum absolute atomic E-state index is 13.1. The van der Waals surface area contributed by atoms with Crippen LogP contribution in [0.2, 0.25) is 5.02 Å². The van der Waals surface area contributed by atoms with Gasteiger partial charge in [0.1, 0.15) is 5.82 Å². The molecule has 1 saturated heterocycles. The molecule has 1 saturated carbocycles. The van der Waals surface area contributed by atoms with Crippen LogP contribution in [0.1, 0.15) is 41.1 Å². The quantitative estimate of drug-likeness (QED) is 0.637. The predicted molar refractivity (Wildman–Crippen MR) is 115 cm³/mol. The van der Waals surface area contributed by atoms with Crippen LogP contribution in [-0.4, -0.2) is 53.6 Å². The van der Waals surface area contributed by atoms with Crippen LogP contribution in [0, 0.1) is 11.7 Å². The summed E-state index contributed by atoms with van der Waals surface area (Å²) in [6.07, 6.45) is 1.10. The summed E-state index contributed by atoms with van der Waals surface area (Å²) in [5.74, 6) is -0.206. The molecule has 2 fully saturated rings. The van der Waals surface area contributed by atoms with Gasteiger partial charge in [-0.05, 0) is 54.3 Å². The molecule has 2 aromatic rings. The van der Waals surface area contributed by atoms with Gasteiger partial charge in [0.25, 0.3) is 0 Å². The standard InChI is InChI=1S/C24H24ClFN2O3/c25-18-5-1-17(2-6-18)22(29)9-10-23(30)27-11-13-28(14-12-27)24(31)21-15-20(21)16-3-7-19(26)8-4-16/h1-8,20-21H,9-15H2. The highest BCUT2D eigenvalue weighted by Gasteiger charge is 2.46. The summed E-state index contributed by atoms with van der Waals surface area (Å²) in [6.45, 7) is 1.96. The summed E-state index contributed by atoms with van der Waals surface area (Å²) < 4.78 is 13.1. The molecule has 1 aliphatic heterocycles. The third-order valence-corrected chi connectivity index (χ3v) is 6.33. The number of carbonyl (C=O) groups excluding carboxylic acids is 3. The van der Waals surface area contributed by atoms with E-state index < -0.39 is 0 Å². The summed E-state index contributed by atoms with van der Waals surface area (Å²) in [5, 5.41) is 0.565. The third kappa shape index (κ3) is 5.13. The smallest absolute Gasteiger partial charge is 0.226 e. The lowest BCUT2D eigenvalue weighted by Crippen LogP contribution is -2.51. The number of Topliss-reactive ketones (excluding diaryl/α,β-unsaturated/α-hetero) is 1. The van der Waals surface area contributed by atoms with Gasteiger partial charge in [-0.2, -0.15) is 0 Å². The van der Waals surface area contributed by atoms with Crippen molar-refractivity contribution in [3.63, 3.8) is 0 Å². The molecule has 2 aliphatic rings. The van der Waals surface area contributed by atoms with Crippen molar-refractivity contribution in [2.45, 2.75) is 25.2 Å². The highest BCUT2D eigenvalue weighted by Crippen LogP contribution is 2.48. The van der Waals surface area contributed by atoms with Crippen LogP contribution >= 0.6 is 11.6 Å². The number of halogens is 2. The molecule has 4 rings (SSSR count). The summed E-state index contributed by atoms with van der Waals surface area (Å²) in [7, 11) is 0. The van der Waals surface area contributed by atoms with Crippen LogP contribution in [0.25, 0.3) is 0 Å². The van der Waals surface area contributed by atoms with Gasteiger partial charge in [0.15, 0.2) is 5.78 Å². The van der Waals surface area contributed by atoms with Gasteiger partial charge < -0.3 is 9.80 Å². The summed E-state index contributed by atoms with van der Waals surface area (Å²) in [4.78, 5) is 41.1. The zero-order valence-corrected chi connectivity index (χ0v) is 17.9. The molecule has 0 bridgehead atoms. The molecular weight excluding hydrogens is 419 g/mol. The Labute approximate surface area is 185 Å². The van der Waals surface area contributed by atoms with Gasteiger partial charge >= 0.3 is 0 Å². The lowest BCUT2D eigenvalue weighted by Gasteiger charge is -2.35. The van der Waals surface area contributed by atoms with E-state index in [0.29, 0.717) is 36.8 Å². The Morgan fingerprint density at radius 2 is 1.48 bits per heavy atom. The molecule has 1 aliphatic carbocycles. The van der Waals surface area contributed by atoms with E-state index in [1.54, 1.807) is 41.3 Å². The molecule has 0 aromatic heterocycles. The molecule has 2 aromatic carbocycles. The lowest BCUT2D eigenvalue weighted by molar-refractivity contribution is -0.140. The van der Waals surface area contributed by atoms with Gasteiger partial charge in [-0.25, -0.2) is 4.39 Å². The maximum atomic E-state index is 13.1. The number of hydrogen-bond donors (Lipinski definition) is 0. The molecule has 2 amide bonds. The van der Waals surface area contributed by atoms with Gasteiger partial charge in [0, 0.05) is 55.5 Å². The zero-order chi connectivity index (χ0) is 22.0. The number of hydrogen-bond acceptors (Lipinski definition) is 3. The van der Waals surface area contributed by atoms with Gasteiger partial charge in [0.05, 0.1) is 0 Å². The van der Waals surface area contributed by atoms with Crippen LogP contribution in [-0.2, 0) is 9.59 Å². The van der Waals surface area contributed by atoms with Crippen molar-refractivity contribution in [1.29, 1.82) is 0 Å². The minimum absolute atomic E-state index is 0.0512. The number of carbonyl (C=O) groups is 3. The molecule has 2 atom stereocenters. The second-order valence-electron chi connectivity index (χ2n) is 8.14. The molecule has 0 N–H and O–H groups in total. The Hall–Kier alpha value is -2.73. The van der Waals surface area contributed by atoms with E-state index in [9.17, 15) is 18.8 Å². The minimum atomic E-state index is -0.275. The fourth-order valence-electron chi connectivity index (χ4n) is 4.12. The highest BCUT2D eigenvalue weighted by atomic mass is 35.5. The Morgan fingerprint density at radius 3 is 2.13 bits per heavy atom. The lowest BCUT2D eigenvalue weighted by atomic mass is 10.1. The largest absolute Gasteiger partial charge is 0.339 e. The number of amides is 2. The monoisotopic (exact) mass is 442 g/mol. The SMILES string of the molecule is O=C(CCC(=O)N1CCN(C(=O)C2CC2c2ccc(F)cc2)CC1)c1ccc(Cl)cc1. The summed E-state index contributed by atoms with van der Waals surface area (Å²) >= 11 is 5.83. The first-order chi connectivity index (χ1) is 14.9. The second-order valence-corrected chi connectivity index (χ2v) is 8.57. The Balaban J connectivity index is 1.21. The number of nitrogens with zero attached hydrogens (tertiary/aromatic N) is 2. The van der Waals surface area contributed by atoms with Crippen molar-refractivity contribution < 1.29 is 18.8 Å². The van der Waals surface area contributed by atoms with Gasteiger partial charge in [-0.1, -0.05) is 23.7 Å². The number of rotatable bonds is 6. The molecule has 31 heavy (non-hydrogen) atoms. The average molecular weight is 443 g/mol. The predicted octanol–water partition coefficient (Wildman–Crippen LogP) is 3.92. The highest BCUT2D eigenvalue weighted by molar-refractivity contribution is 6.30. The molecule has 5 nitrogen and oxygen atoms in total. The first-order valence-corrected chi connectivity index (χ1v) is 10.9.